The minimum absolute atomic E-state index is 0.0522. The lowest BCUT2D eigenvalue weighted by molar-refractivity contribution is -0.122. The summed E-state index contributed by atoms with van der Waals surface area (Å²) in [6, 6.07) is 19.8. The number of carbonyl (C=O) groups excluding carboxylic acids is 2. The molecule has 1 unspecified atom stereocenters. The van der Waals surface area contributed by atoms with Crippen LogP contribution in [0.5, 0.6) is 0 Å². The lowest BCUT2D eigenvalue weighted by Gasteiger charge is -2.15. The molecule has 6 heteroatoms. The summed E-state index contributed by atoms with van der Waals surface area (Å²) < 4.78 is 1.68. The molecule has 0 bridgehead atoms. The maximum atomic E-state index is 12.7. The second kappa shape index (κ2) is 9.34. The average Bonchev–Trinajstić information content (AvgIpc) is 3.28. The molecule has 156 valence electrons. The molecule has 0 fully saturated rings. The Morgan fingerprint density at radius 2 is 1.81 bits per heavy atom. The van der Waals surface area contributed by atoms with Crippen LogP contribution in [0.4, 0.5) is 0 Å². The van der Waals surface area contributed by atoms with Crippen LogP contribution in [-0.2, 0) is 16.0 Å². The molecule has 0 spiro atoms. The van der Waals surface area contributed by atoms with E-state index in [2.05, 4.69) is 15.4 Å². The Kier molecular flexibility index (Phi) is 6.17. The molecule has 1 aliphatic rings. The lowest BCUT2D eigenvalue weighted by Crippen LogP contribution is -2.30. The number of Topliss-reactive ketones (excluding diaryl/α,β-unsaturated/α-hetero) is 1. The molecule has 0 saturated heterocycles. The fourth-order valence-electron chi connectivity index (χ4n) is 3.64. The van der Waals surface area contributed by atoms with Crippen molar-refractivity contribution in [2.45, 2.75) is 26.2 Å². The molecule has 2 aromatic carbocycles. The van der Waals surface area contributed by atoms with Gasteiger partial charge < -0.3 is 5.32 Å². The van der Waals surface area contributed by atoms with Crippen LogP contribution in [0.25, 0.3) is 11.1 Å². The second-order valence-electron chi connectivity index (χ2n) is 7.50. The second-order valence-corrected chi connectivity index (χ2v) is 7.50. The average molecular weight is 412 g/mol. The third kappa shape index (κ3) is 4.86. The largest absolute Gasteiger partial charge is 0.322 e. The number of aliphatic imine (C=N–C) groups is 1. The first kappa shape index (κ1) is 20.5. The number of amides is 1. The first-order chi connectivity index (χ1) is 15.1. The molecule has 3 aromatic rings. The van der Waals surface area contributed by atoms with Crippen LogP contribution in [0, 0.1) is 5.92 Å². The highest BCUT2D eigenvalue weighted by Crippen LogP contribution is 2.20. The molecule has 1 aromatic heterocycles. The molecule has 0 radical (unpaired) electrons. The smallest absolute Gasteiger partial charge is 0.228 e. The van der Waals surface area contributed by atoms with Gasteiger partial charge >= 0.3 is 0 Å². The number of carbonyl (C=O) groups is 2. The predicted octanol–water partition coefficient (Wildman–Crippen LogP) is 4.00. The normalized spacial score (nSPS) is 16.3. The minimum atomic E-state index is -0.238. The Balaban J connectivity index is 1.44. The van der Waals surface area contributed by atoms with E-state index in [1.54, 1.807) is 10.9 Å². The van der Waals surface area contributed by atoms with Crippen molar-refractivity contribution in [3.05, 3.63) is 90.5 Å². The molecular formula is C25H24N4O2. The Bertz CT molecular complexity index is 1110. The topological polar surface area (TPSA) is 76.3 Å². The van der Waals surface area contributed by atoms with Crippen LogP contribution < -0.4 is 5.32 Å². The predicted molar refractivity (Wildman–Crippen MR) is 120 cm³/mol. The van der Waals surface area contributed by atoms with E-state index < -0.39 is 0 Å². The van der Waals surface area contributed by atoms with Crippen LogP contribution in [0.15, 0.2) is 89.9 Å². The van der Waals surface area contributed by atoms with Gasteiger partial charge in [0.1, 0.15) is 11.5 Å². The molecule has 0 saturated carbocycles. The van der Waals surface area contributed by atoms with E-state index in [9.17, 15) is 9.59 Å². The van der Waals surface area contributed by atoms with Gasteiger partial charge in [0.15, 0.2) is 5.78 Å². The summed E-state index contributed by atoms with van der Waals surface area (Å²) >= 11 is 0. The molecule has 0 aliphatic carbocycles. The van der Waals surface area contributed by atoms with Crippen molar-refractivity contribution < 1.29 is 9.59 Å². The fraction of sp³-hybridized carbons (Fsp3) is 0.200. The van der Waals surface area contributed by atoms with Gasteiger partial charge in [0, 0.05) is 24.7 Å². The monoisotopic (exact) mass is 412 g/mol. The van der Waals surface area contributed by atoms with Gasteiger partial charge in [0.05, 0.1) is 12.6 Å². The number of nitrogens with one attached hydrogen (secondary N) is 1. The van der Waals surface area contributed by atoms with Gasteiger partial charge in [-0.15, -0.1) is 0 Å². The summed E-state index contributed by atoms with van der Waals surface area (Å²) in [6.07, 6.45) is 6.16. The lowest BCUT2D eigenvalue weighted by atomic mass is 9.97. The van der Waals surface area contributed by atoms with Gasteiger partial charge in [-0.1, -0.05) is 61.5 Å². The van der Waals surface area contributed by atoms with E-state index in [1.807, 2.05) is 73.8 Å². The zero-order valence-corrected chi connectivity index (χ0v) is 17.4. The first-order valence-corrected chi connectivity index (χ1v) is 10.4. The molecule has 4 rings (SSSR count). The summed E-state index contributed by atoms with van der Waals surface area (Å²) in [7, 11) is 0. The van der Waals surface area contributed by atoms with Gasteiger partial charge in [-0.05, 0) is 29.2 Å². The summed E-state index contributed by atoms with van der Waals surface area (Å²) in [5.41, 5.74) is 3.33. The summed E-state index contributed by atoms with van der Waals surface area (Å²) in [6.45, 7) is 2.01. The molecule has 1 amide bonds. The van der Waals surface area contributed by atoms with Gasteiger partial charge in [0.25, 0.3) is 0 Å². The van der Waals surface area contributed by atoms with E-state index >= 15 is 0 Å². The maximum Gasteiger partial charge on any atom is 0.228 e. The van der Waals surface area contributed by atoms with Crippen molar-refractivity contribution in [3.63, 3.8) is 0 Å². The van der Waals surface area contributed by atoms with Crippen molar-refractivity contribution in [2.24, 2.45) is 10.9 Å². The SMILES string of the molecule is CCC1CC(=O)C(NC(=O)Cc2ccc(-c3ccccc3)cc2)=CN=C1n1cccn1. The van der Waals surface area contributed by atoms with Crippen LogP contribution >= 0.6 is 0 Å². The standard InChI is InChI=1S/C25H24N4O2/c1-2-19-16-23(30)22(17-26-25(19)29-14-6-13-27-29)28-24(31)15-18-9-11-21(12-10-18)20-7-4-3-5-8-20/h3-14,17,19H,2,15-16H2,1H3,(H,28,31). The number of aromatic nitrogens is 2. The zero-order chi connectivity index (χ0) is 21.6. The minimum Gasteiger partial charge on any atom is -0.322 e. The van der Waals surface area contributed by atoms with Gasteiger partial charge in [0.2, 0.25) is 5.91 Å². The fourth-order valence-corrected chi connectivity index (χ4v) is 3.64. The van der Waals surface area contributed by atoms with E-state index in [1.165, 1.54) is 6.20 Å². The van der Waals surface area contributed by atoms with E-state index in [0.29, 0.717) is 5.84 Å². The van der Waals surface area contributed by atoms with Crippen molar-refractivity contribution >= 4 is 17.5 Å². The van der Waals surface area contributed by atoms with Gasteiger partial charge in [-0.3, -0.25) is 9.59 Å². The highest BCUT2D eigenvalue weighted by molar-refractivity contribution is 6.03. The third-order valence-electron chi connectivity index (χ3n) is 5.36. The first-order valence-electron chi connectivity index (χ1n) is 10.4. The van der Waals surface area contributed by atoms with Crippen LogP contribution in [0.3, 0.4) is 0 Å². The number of hydrogen-bond donors (Lipinski definition) is 1. The number of hydrogen-bond acceptors (Lipinski definition) is 4. The summed E-state index contributed by atoms with van der Waals surface area (Å²) in [5.74, 6) is 0.300. The number of ketones is 1. The van der Waals surface area contributed by atoms with Crippen molar-refractivity contribution in [2.75, 3.05) is 0 Å². The van der Waals surface area contributed by atoms with Crippen LogP contribution in [0.1, 0.15) is 25.3 Å². The molecule has 1 N–H and O–H groups in total. The highest BCUT2D eigenvalue weighted by atomic mass is 16.2. The maximum absolute atomic E-state index is 12.7. The van der Waals surface area contributed by atoms with Crippen molar-refractivity contribution in [3.8, 4) is 11.1 Å². The number of allylic oxidation sites excluding steroid dienone is 1. The van der Waals surface area contributed by atoms with E-state index in [4.69, 9.17) is 0 Å². The molecule has 2 heterocycles. The Morgan fingerprint density at radius 3 is 2.48 bits per heavy atom. The molecule has 6 nitrogen and oxygen atoms in total. The van der Waals surface area contributed by atoms with Crippen molar-refractivity contribution in [1.82, 2.24) is 15.1 Å². The Hall–Kier alpha value is -3.80. The number of rotatable bonds is 5. The quantitative estimate of drug-likeness (QED) is 0.688. The number of benzene rings is 2. The number of nitrogens with zero attached hydrogens (tertiary/aromatic N) is 3. The zero-order valence-electron chi connectivity index (χ0n) is 17.4. The van der Waals surface area contributed by atoms with Crippen LogP contribution in [-0.4, -0.2) is 27.3 Å². The third-order valence-corrected chi connectivity index (χ3v) is 5.36. The summed E-state index contributed by atoms with van der Waals surface area (Å²) in [5, 5.41) is 6.98. The highest BCUT2D eigenvalue weighted by Gasteiger charge is 2.25. The molecule has 1 atom stereocenters. The van der Waals surface area contributed by atoms with Crippen molar-refractivity contribution in [1.29, 1.82) is 0 Å². The molecule has 1 aliphatic heterocycles. The summed E-state index contributed by atoms with van der Waals surface area (Å²) in [4.78, 5) is 29.8. The Labute approximate surface area is 181 Å². The molecular weight excluding hydrogens is 388 g/mol. The van der Waals surface area contributed by atoms with E-state index in [-0.39, 0.29) is 36.1 Å². The Morgan fingerprint density at radius 1 is 1.06 bits per heavy atom. The van der Waals surface area contributed by atoms with E-state index in [0.717, 1.165) is 23.1 Å². The molecule has 31 heavy (non-hydrogen) atoms. The van der Waals surface area contributed by atoms with Gasteiger partial charge in [-0.25, -0.2) is 9.67 Å². The van der Waals surface area contributed by atoms with Gasteiger partial charge in [-0.2, -0.15) is 5.10 Å². The van der Waals surface area contributed by atoms with Crippen LogP contribution in [0.2, 0.25) is 0 Å².